The lowest BCUT2D eigenvalue weighted by molar-refractivity contribution is -0.193. The number of alkyl halides is 6. The molecule has 3 heterocycles. The van der Waals surface area contributed by atoms with Crippen LogP contribution in [-0.2, 0) is 32.2 Å². The van der Waals surface area contributed by atoms with Crippen molar-refractivity contribution in [1.29, 1.82) is 0 Å². The zero-order chi connectivity index (χ0) is 27.6. The highest BCUT2D eigenvalue weighted by Crippen LogP contribution is 2.33. The Kier molecular flexibility index (Phi) is 10.9. The number of halogens is 6. The molecule has 37 heavy (non-hydrogen) atoms. The Morgan fingerprint density at radius 3 is 2.14 bits per heavy atom. The molecule has 0 unspecified atom stereocenters. The van der Waals surface area contributed by atoms with Gasteiger partial charge in [-0.05, 0) is 42.7 Å². The number of morpholine rings is 1. The summed E-state index contributed by atoms with van der Waals surface area (Å²) in [7, 11) is 0. The standard InChI is InChI=1S/C18H22N2O3.2C2HF3O2/c1-2-15(21-10-1)12-20-9-11-22-18-16(20)3-4-17(18)23-13-14-5-7-19-8-6-14;2*3-2(4,5)1(6)7/h1-2,5-8,10,16-18H,3-4,9,11-13H2;2*(H,6,7)/t16-,17-,18+;;/m0../s1. The van der Waals surface area contributed by atoms with Gasteiger partial charge >= 0.3 is 24.3 Å². The summed E-state index contributed by atoms with van der Waals surface area (Å²) in [5.74, 6) is -4.49. The van der Waals surface area contributed by atoms with Gasteiger partial charge in [-0.1, -0.05) is 0 Å². The molecular weight excluding hydrogens is 518 g/mol. The fourth-order valence-corrected chi connectivity index (χ4v) is 3.65. The highest BCUT2D eigenvalue weighted by Gasteiger charge is 2.43. The number of hydrogen-bond acceptors (Lipinski definition) is 7. The highest BCUT2D eigenvalue weighted by atomic mass is 19.4. The number of pyridine rings is 1. The third-order valence-corrected chi connectivity index (χ3v) is 5.29. The number of aromatic nitrogens is 1. The number of aliphatic carboxylic acids is 2. The summed E-state index contributed by atoms with van der Waals surface area (Å²) in [4.78, 5) is 24.3. The van der Waals surface area contributed by atoms with Crippen LogP contribution >= 0.6 is 0 Å². The zero-order valence-electron chi connectivity index (χ0n) is 19.1. The highest BCUT2D eigenvalue weighted by molar-refractivity contribution is 5.73. The summed E-state index contributed by atoms with van der Waals surface area (Å²) in [6.45, 7) is 3.20. The molecule has 0 aromatic carbocycles. The van der Waals surface area contributed by atoms with Crippen LogP contribution in [0.2, 0.25) is 0 Å². The average Bonchev–Trinajstić information content (AvgIpc) is 3.48. The molecule has 2 aromatic heterocycles. The van der Waals surface area contributed by atoms with Crippen LogP contribution in [0.1, 0.15) is 24.2 Å². The Hall–Kier alpha value is -3.17. The number of carboxylic acid groups (broad SMARTS) is 2. The van der Waals surface area contributed by atoms with Gasteiger partial charge in [0.2, 0.25) is 0 Å². The summed E-state index contributed by atoms with van der Waals surface area (Å²) < 4.78 is 81.2. The van der Waals surface area contributed by atoms with Gasteiger partial charge in [-0.15, -0.1) is 0 Å². The van der Waals surface area contributed by atoms with Gasteiger partial charge in [0.1, 0.15) is 5.76 Å². The monoisotopic (exact) mass is 542 g/mol. The van der Waals surface area contributed by atoms with Gasteiger partial charge in [-0.3, -0.25) is 9.88 Å². The number of rotatable bonds is 5. The van der Waals surface area contributed by atoms with E-state index < -0.39 is 24.3 Å². The quantitative estimate of drug-likeness (QED) is 0.542. The summed E-state index contributed by atoms with van der Waals surface area (Å²) in [6.07, 6.45) is -2.31. The van der Waals surface area contributed by atoms with E-state index in [-0.39, 0.29) is 12.2 Å². The van der Waals surface area contributed by atoms with Crippen molar-refractivity contribution in [3.05, 3.63) is 54.2 Å². The summed E-state index contributed by atoms with van der Waals surface area (Å²) in [6, 6.07) is 8.41. The second-order valence-corrected chi connectivity index (χ2v) is 7.84. The first-order chi connectivity index (χ1) is 17.3. The minimum Gasteiger partial charge on any atom is -0.475 e. The first-order valence-electron chi connectivity index (χ1n) is 10.8. The Morgan fingerprint density at radius 2 is 1.62 bits per heavy atom. The van der Waals surface area contributed by atoms with Crippen LogP contribution in [0.15, 0.2) is 47.3 Å². The van der Waals surface area contributed by atoms with Crippen LogP contribution in [0, 0.1) is 0 Å². The van der Waals surface area contributed by atoms with Gasteiger partial charge in [-0.25, -0.2) is 9.59 Å². The Morgan fingerprint density at radius 1 is 1.03 bits per heavy atom. The number of carboxylic acids is 2. The van der Waals surface area contributed by atoms with Crippen molar-refractivity contribution in [1.82, 2.24) is 9.88 Å². The van der Waals surface area contributed by atoms with Crippen molar-refractivity contribution < 1.29 is 60.0 Å². The van der Waals surface area contributed by atoms with E-state index >= 15 is 0 Å². The first kappa shape index (κ1) is 30.1. The maximum Gasteiger partial charge on any atom is 0.490 e. The molecule has 1 saturated carbocycles. The van der Waals surface area contributed by atoms with Crippen molar-refractivity contribution in [2.45, 2.75) is 56.6 Å². The topological polar surface area (TPSA) is 122 Å². The lowest BCUT2D eigenvalue weighted by Gasteiger charge is -2.38. The third kappa shape index (κ3) is 10.0. The van der Waals surface area contributed by atoms with Gasteiger partial charge in [-0.2, -0.15) is 26.3 Å². The molecule has 206 valence electrons. The summed E-state index contributed by atoms with van der Waals surface area (Å²) in [5, 5.41) is 14.2. The molecular formula is C22H24F6N2O7. The molecule has 0 spiro atoms. The van der Waals surface area contributed by atoms with Gasteiger partial charge in [0.25, 0.3) is 0 Å². The maximum absolute atomic E-state index is 10.6. The van der Waals surface area contributed by atoms with Crippen LogP contribution in [0.5, 0.6) is 0 Å². The molecule has 0 bridgehead atoms. The normalized spacial score (nSPS) is 21.6. The van der Waals surface area contributed by atoms with Crippen molar-refractivity contribution in [3.8, 4) is 0 Å². The van der Waals surface area contributed by atoms with Gasteiger partial charge in [0.15, 0.2) is 0 Å². The predicted octanol–water partition coefficient (Wildman–Crippen LogP) is 3.89. The predicted molar refractivity (Wildman–Crippen MR) is 112 cm³/mol. The van der Waals surface area contributed by atoms with Crippen LogP contribution < -0.4 is 0 Å². The largest absolute Gasteiger partial charge is 0.490 e. The molecule has 9 nitrogen and oxygen atoms in total. The van der Waals surface area contributed by atoms with Gasteiger partial charge in [0, 0.05) is 25.0 Å². The van der Waals surface area contributed by atoms with E-state index in [2.05, 4.69) is 9.88 Å². The Balaban J connectivity index is 0.000000286. The molecule has 0 radical (unpaired) electrons. The van der Waals surface area contributed by atoms with E-state index in [0.717, 1.165) is 43.9 Å². The van der Waals surface area contributed by atoms with E-state index in [9.17, 15) is 26.3 Å². The Bertz CT molecular complexity index is 946. The van der Waals surface area contributed by atoms with E-state index in [1.54, 1.807) is 18.7 Å². The molecule has 2 aromatic rings. The van der Waals surface area contributed by atoms with Crippen molar-refractivity contribution in [3.63, 3.8) is 0 Å². The second-order valence-electron chi connectivity index (χ2n) is 7.84. The van der Waals surface area contributed by atoms with Crippen molar-refractivity contribution in [2.24, 2.45) is 0 Å². The number of furan rings is 1. The molecule has 1 saturated heterocycles. The van der Waals surface area contributed by atoms with Crippen LogP contribution in [-0.4, -0.2) is 75.8 Å². The molecule has 2 N–H and O–H groups in total. The van der Waals surface area contributed by atoms with E-state index in [0.29, 0.717) is 12.6 Å². The molecule has 1 aliphatic carbocycles. The van der Waals surface area contributed by atoms with Gasteiger partial charge < -0.3 is 24.1 Å². The fraction of sp³-hybridized carbons (Fsp3) is 0.500. The lowest BCUT2D eigenvalue weighted by Crippen LogP contribution is -2.51. The first-order valence-corrected chi connectivity index (χ1v) is 10.8. The van der Waals surface area contributed by atoms with Crippen molar-refractivity contribution >= 4 is 11.9 Å². The minimum absolute atomic E-state index is 0.167. The minimum atomic E-state index is -5.08. The molecule has 15 heteroatoms. The number of carbonyl (C=O) groups is 2. The summed E-state index contributed by atoms with van der Waals surface area (Å²) in [5.41, 5.74) is 1.16. The van der Waals surface area contributed by atoms with E-state index in [1.165, 1.54) is 0 Å². The maximum atomic E-state index is 10.6. The van der Waals surface area contributed by atoms with Crippen LogP contribution in [0.3, 0.4) is 0 Å². The lowest BCUT2D eigenvalue weighted by atomic mass is 10.1. The molecule has 2 aliphatic rings. The van der Waals surface area contributed by atoms with Crippen molar-refractivity contribution in [2.75, 3.05) is 13.2 Å². The van der Waals surface area contributed by atoms with Gasteiger partial charge in [0.05, 0.1) is 38.2 Å². The number of fused-ring (bicyclic) bond motifs is 1. The summed E-state index contributed by atoms with van der Waals surface area (Å²) >= 11 is 0. The number of nitrogens with zero attached hydrogens (tertiary/aromatic N) is 2. The third-order valence-electron chi connectivity index (χ3n) is 5.29. The molecule has 1 aliphatic heterocycles. The molecule has 0 amide bonds. The Labute approximate surface area is 206 Å². The number of ether oxygens (including phenoxy) is 2. The SMILES string of the molecule is O=C(O)C(F)(F)F.O=C(O)C(F)(F)F.c1coc(CN2CCO[C@H]3[C@@H](OCc4ccncc4)CC[C@@H]32)c1. The van der Waals surface area contributed by atoms with E-state index in [1.807, 2.05) is 24.3 Å². The number of hydrogen-bond donors (Lipinski definition) is 2. The molecule has 2 fully saturated rings. The average molecular weight is 542 g/mol. The van der Waals surface area contributed by atoms with E-state index in [4.69, 9.17) is 33.7 Å². The van der Waals surface area contributed by atoms with Crippen LogP contribution in [0.25, 0.3) is 0 Å². The molecule has 3 atom stereocenters. The smallest absolute Gasteiger partial charge is 0.475 e. The van der Waals surface area contributed by atoms with Crippen LogP contribution in [0.4, 0.5) is 26.3 Å². The second kappa shape index (κ2) is 13.4. The zero-order valence-corrected chi connectivity index (χ0v) is 19.1. The molecule has 4 rings (SSSR count). The fourth-order valence-electron chi connectivity index (χ4n) is 3.65.